The van der Waals surface area contributed by atoms with Crippen LogP contribution in [0.25, 0.3) is 5.82 Å². The molecule has 0 unspecified atom stereocenters. The second-order valence-corrected chi connectivity index (χ2v) is 4.34. The first-order valence-corrected chi connectivity index (χ1v) is 6.60. The molecule has 2 aromatic rings. The third-order valence-electron chi connectivity index (χ3n) is 2.99. The SMILES string of the molecule is CCn1nccc1-n1nc(OCCCO)c([N+](=O)[O-])c1C. The minimum atomic E-state index is -0.514. The lowest BCUT2D eigenvalue weighted by atomic mass is 10.4. The van der Waals surface area contributed by atoms with Crippen LogP contribution in [0.2, 0.25) is 0 Å². The molecule has 9 heteroatoms. The predicted octanol–water partition coefficient (Wildman–Crippen LogP) is 1.07. The highest BCUT2D eigenvalue weighted by atomic mass is 16.6. The molecule has 0 amide bonds. The van der Waals surface area contributed by atoms with Crippen molar-refractivity contribution in [3.8, 4) is 11.7 Å². The molecule has 0 aliphatic carbocycles. The van der Waals surface area contributed by atoms with Gasteiger partial charge >= 0.3 is 11.6 Å². The molecule has 0 aliphatic heterocycles. The Morgan fingerprint density at radius 1 is 1.52 bits per heavy atom. The van der Waals surface area contributed by atoms with Crippen molar-refractivity contribution in [1.29, 1.82) is 0 Å². The fourth-order valence-corrected chi connectivity index (χ4v) is 1.98. The number of rotatable bonds is 7. The number of nitrogens with zero attached hydrogens (tertiary/aromatic N) is 5. The summed E-state index contributed by atoms with van der Waals surface area (Å²) in [6.45, 7) is 4.27. The van der Waals surface area contributed by atoms with Crippen molar-refractivity contribution in [2.75, 3.05) is 13.2 Å². The zero-order valence-corrected chi connectivity index (χ0v) is 11.9. The average molecular weight is 295 g/mol. The first-order chi connectivity index (χ1) is 10.1. The molecule has 0 bridgehead atoms. The summed E-state index contributed by atoms with van der Waals surface area (Å²) < 4.78 is 8.44. The van der Waals surface area contributed by atoms with Crippen molar-refractivity contribution in [2.24, 2.45) is 0 Å². The number of aliphatic hydroxyl groups excluding tert-OH is 1. The van der Waals surface area contributed by atoms with Crippen LogP contribution in [0.15, 0.2) is 12.3 Å². The third-order valence-corrected chi connectivity index (χ3v) is 2.99. The van der Waals surface area contributed by atoms with E-state index in [4.69, 9.17) is 9.84 Å². The van der Waals surface area contributed by atoms with E-state index in [9.17, 15) is 10.1 Å². The molecule has 0 fully saturated rings. The number of hydrogen-bond donors (Lipinski definition) is 1. The molecule has 0 atom stereocenters. The van der Waals surface area contributed by atoms with E-state index in [0.717, 1.165) is 0 Å². The van der Waals surface area contributed by atoms with E-state index >= 15 is 0 Å². The maximum atomic E-state index is 11.2. The van der Waals surface area contributed by atoms with E-state index in [1.807, 2.05) is 6.92 Å². The van der Waals surface area contributed by atoms with Crippen molar-refractivity contribution in [1.82, 2.24) is 19.6 Å². The second kappa shape index (κ2) is 6.35. The maximum Gasteiger partial charge on any atom is 0.353 e. The Morgan fingerprint density at radius 2 is 2.29 bits per heavy atom. The van der Waals surface area contributed by atoms with Gasteiger partial charge in [0.1, 0.15) is 5.69 Å². The van der Waals surface area contributed by atoms with Crippen LogP contribution in [0, 0.1) is 17.0 Å². The zero-order valence-electron chi connectivity index (χ0n) is 11.9. The summed E-state index contributed by atoms with van der Waals surface area (Å²) in [4.78, 5) is 10.7. The first kappa shape index (κ1) is 15.0. The predicted molar refractivity (Wildman–Crippen MR) is 73.6 cm³/mol. The molecular weight excluding hydrogens is 278 g/mol. The van der Waals surface area contributed by atoms with Gasteiger partial charge in [-0.15, -0.1) is 5.10 Å². The van der Waals surface area contributed by atoms with Crippen molar-refractivity contribution < 1.29 is 14.8 Å². The van der Waals surface area contributed by atoms with Crippen LogP contribution in [-0.4, -0.2) is 42.8 Å². The van der Waals surface area contributed by atoms with Gasteiger partial charge in [0.05, 0.1) is 17.7 Å². The van der Waals surface area contributed by atoms with E-state index in [0.29, 0.717) is 24.5 Å². The van der Waals surface area contributed by atoms with Gasteiger partial charge in [-0.2, -0.15) is 5.10 Å². The molecule has 0 aromatic carbocycles. The molecule has 0 saturated carbocycles. The Kier molecular flexibility index (Phi) is 4.53. The van der Waals surface area contributed by atoms with E-state index in [2.05, 4.69) is 10.2 Å². The first-order valence-electron chi connectivity index (χ1n) is 6.60. The standard InChI is InChI=1S/C12H17N5O4/c1-3-15-10(5-6-13-15)16-9(2)11(17(19)20)12(14-16)21-8-4-7-18/h5-6,18H,3-4,7-8H2,1-2H3. The molecule has 2 heterocycles. The van der Waals surface area contributed by atoms with E-state index in [1.165, 1.54) is 4.68 Å². The van der Waals surface area contributed by atoms with Crippen LogP contribution < -0.4 is 4.74 Å². The van der Waals surface area contributed by atoms with Gasteiger partial charge in [-0.1, -0.05) is 0 Å². The molecule has 0 radical (unpaired) electrons. The van der Waals surface area contributed by atoms with Gasteiger partial charge in [0.25, 0.3) is 0 Å². The topological polar surface area (TPSA) is 108 Å². The largest absolute Gasteiger partial charge is 0.472 e. The molecule has 9 nitrogen and oxygen atoms in total. The molecule has 2 rings (SSSR count). The number of hydrogen-bond acceptors (Lipinski definition) is 6. The highest BCUT2D eigenvalue weighted by Gasteiger charge is 2.28. The minimum Gasteiger partial charge on any atom is -0.472 e. The fraction of sp³-hybridized carbons (Fsp3) is 0.500. The Labute approximate surface area is 120 Å². The van der Waals surface area contributed by atoms with Crippen molar-refractivity contribution in [3.63, 3.8) is 0 Å². The molecule has 1 N–H and O–H groups in total. The van der Waals surface area contributed by atoms with Crippen LogP contribution in [0.5, 0.6) is 5.88 Å². The molecule has 0 spiro atoms. The van der Waals surface area contributed by atoms with Crippen molar-refractivity contribution in [3.05, 3.63) is 28.1 Å². The van der Waals surface area contributed by atoms with E-state index in [1.54, 1.807) is 23.9 Å². The lowest BCUT2D eigenvalue weighted by Gasteiger charge is -2.05. The summed E-state index contributed by atoms with van der Waals surface area (Å²) in [5.74, 6) is 0.588. The minimum absolute atomic E-state index is 0.0455. The number of nitro groups is 1. The molecule has 0 saturated heterocycles. The van der Waals surface area contributed by atoms with Gasteiger partial charge in [0, 0.05) is 25.6 Å². The molecule has 2 aromatic heterocycles. The molecular formula is C12H17N5O4. The Balaban J connectivity index is 2.43. The monoisotopic (exact) mass is 295 g/mol. The van der Waals surface area contributed by atoms with Gasteiger partial charge < -0.3 is 9.84 Å². The lowest BCUT2D eigenvalue weighted by molar-refractivity contribution is -0.386. The maximum absolute atomic E-state index is 11.2. The van der Waals surface area contributed by atoms with Crippen LogP contribution in [-0.2, 0) is 6.54 Å². The molecule has 21 heavy (non-hydrogen) atoms. The Morgan fingerprint density at radius 3 is 2.90 bits per heavy atom. The fourth-order valence-electron chi connectivity index (χ4n) is 1.98. The summed E-state index contributed by atoms with van der Waals surface area (Å²) in [6, 6.07) is 1.73. The van der Waals surface area contributed by atoms with Gasteiger partial charge in [-0.05, 0) is 13.8 Å². The van der Waals surface area contributed by atoms with Gasteiger partial charge in [0.2, 0.25) is 0 Å². The summed E-state index contributed by atoms with van der Waals surface area (Å²) >= 11 is 0. The van der Waals surface area contributed by atoms with Crippen molar-refractivity contribution >= 4 is 5.69 Å². The van der Waals surface area contributed by atoms with Gasteiger partial charge in [-0.3, -0.25) is 10.1 Å². The molecule has 0 aliphatic rings. The number of aliphatic hydroxyl groups is 1. The summed E-state index contributed by atoms with van der Waals surface area (Å²) in [7, 11) is 0. The highest BCUT2D eigenvalue weighted by molar-refractivity contribution is 5.48. The lowest BCUT2D eigenvalue weighted by Crippen LogP contribution is -2.09. The Bertz CT molecular complexity index is 634. The Hall–Kier alpha value is -2.42. The smallest absolute Gasteiger partial charge is 0.353 e. The van der Waals surface area contributed by atoms with Crippen molar-refractivity contribution in [2.45, 2.75) is 26.8 Å². The highest BCUT2D eigenvalue weighted by Crippen LogP contribution is 2.31. The number of ether oxygens (including phenoxy) is 1. The second-order valence-electron chi connectivity index (χ2n) is 4.34. The van der Waals surface area contributed by atoms with E-state index < -0.39 is 4.92 Å². The van der Waals surface area contributed by atoms with Gasteiger partial charge in [0.15, 0.2) is 5.82 Å². The van der Waals surface area contributed by atoms with Crippen LogP contribution in [0.4, 0.5) is 5.69 Å². The number of aryl methyl sites for hydroxylation is 1. The summed E-state index contributed by atoms with van der Waals surface area (Å²) in [5, 5.41) is 28.3. The van der Waals surface area contributed by atoms with Crippen LogP contribution >= 0.6 is 0 Å². The summed E-state index contributed by atoms with van der Waals surface area (Å²) in [6.07, 6.45) is 1.99. The average Bonchev–Trinajstić information content (AvgIpc) is 3.03. The molecule has 114 valence electrons. The third kappa shape index (κ3) is 2.87. The van der Waals surface area contributed by atoms with Crippen LogP contribution in [0.1, 0.15) is 19.0 Å². The van der Waals surface area contributed by atoms with Crippen LogP contribution in [0.3, 0.4) is 0 Å². The number of aromatic nitrogens is 4. The zero-order chi connectivity index (χ0) is 15.4. The van der Waals surface area contributed by atoms with E-state index in [-0.39, 0.29) is 24.8 Å². The van der Waals surface area contributed by atoms with Gasteiger partial charge in [-0.25, -0.2) is 9.36 Å². The quantitative estimate of drug-likeness (QED) is 0.465. The normalized spacial score (nSPS) is 10.8. The summed E-state index contributed by atoms with van der Waals surface area (Å²) in [5.41, 5.74) is 0.200.